The minimum Gasteiger partial charge on any atom is -0.342 e. The van der Waals surface area contributed by atoms with Crippen molar-refractivity contribution in [1.82, 2.24) is 25.3 Å². The Labute approximate surface area is 198 Å². The normalized spacial score (nSPS) is 17.8. The Morgan fingerprint density at radius 2 is 1.91 bits per heavy atom. The molecule has 1 aromatic heterocycles. The summed E-state index contributed by atoms with van der Waals surface area (Å²) >= 11 is 0. The quantitative estimate of drug-likeness (QED) is 0.425. The number of fused-ring (bicyclic) bond motifs is 1. The molecule has 2 atom stereocenters. The number of hydrogen-bond donors (Lipinski definition) is 2. The summed E-state index contributed by atoms with van der Waals surface area (Å²) in [5.41, 5.74) is 11.1. The van der Waals surface area contributed by atoms with E-state index in [0.29, 0.717) is 18.2 Å². The van der Waals surface area contributed by atoms with Gasteiger partial charge in [0.15, 0.2) is 0 Å². The fourth-order valence-electron chi connectivity index (χ4n) is 4.58. The first kappa shape index (κ1) is 22.3. The average Bonchev–Trinajstić information content (AvgIpc) is 3.51. The number of para-hydroxylation sites is 2. The van der Waals surface area contributed by atoms with E-state index in [1.54, 1.807) is 23.4 Å². The van der Waals surface area contributed by atoms with Crippen LogP contribution >= 0.6 is 0 Å². The number of hydrazine groups is 1. The number of aromatic nitrogens is 2. The Kier molecular flexibility index (Phi) is 6.38. The number of hydrogen-bond acceptors (Lipinski definition) is 4. The lowest BCUT2D eigenvalue weighted by atomic mass is 9.99. The van der Waals surface area contributed by atoms with Gasteiger partial charge < -0.3 is 4.90 Å². The van der Waals surface area contributed by atoms with Crippen molar-refractivity contribution < 1.29 is 9.18 Å². The Morgan fingerprint density at radius 1 is 1.09 bits per heavy atom. The molecule has 0 aliphatic carbocycles. The molecule has 7 heteroatoms. The second kappa shape index (κ2) is 9.75. The lowest BCUT2D eigenvalue weighted by Crippen LogP contribution is -2.32. The topological polar surface area (TPSA) is 62.2 Å². The molecule has 2 N–H and O–H groups in total. The number of halogens is 1. The van der Waals surface area contributed by atoms with Crippen LogP contribution < -0.4 is 10.9 Å². The molecule has 1 fully saturated rings. The van der Waals surface area contributed by atoms with Gasteiger partial charge in [-0.25, -0.2) is 9.37 Å². The molecule has 0 bridgehead atoms. The van der Waals surface area contributed by atoms with E-state index in [4.69, 9.17) is 0 Å². The van der Waals surface area contributed by atoms with Gasteiger partial charge in [0.2, 0.25) is 0 Å². The summed E-state index contributed by atoms with van der Waals surface area (Å²) in [5, 5.41) is 0. The van der Waals surface area contributed by atoms with Crippen molar-refractivity contribution in [3.05, 3.63) is 96.1 Å². The molecule has 0 radical (unpaired) electrons. The van der Waals surface area contributed by atoms with Crippen molar-refractivity contribution in [2.75, 3.05) is 13.6 Å². The van der Waals surface area contributed by atoms with Crippen molar-refractivity contribution in [2.24, 2.45) is 0 Å². The Bertz CT molecular complexity index is 1290. The Balaban J connectivity index is 1.13. The zero-order chi connectivity index (χ0) is 23.5. The molecule has 2 unspecified atom stereocenters. The summed E-state index contributed by atoms with van der Waals surface area (Å²) < 4.78 is 15.5. The summed E-state index contributed by atoms with van der Waals surface area (Å²) in [7, 11) is 1.84. The number of rotatable bonds is 7. The molecule has 1 amide bonds. The molecule has 6 nitrogen and oxygen atoms in total. The van der Waals surface area contributed by atoms with Crippen molar-refractivity contribution in [3.63, 3.8) is 0 Å². The lowest BCUT2D eigenvalue weighted by Gasteiger charge is -2.18. The molecule has 1 aliphatic rings. The van der Waals surface area contributed by atoms with Crippen LogP contribution in [0.25, 0.3) is 16.7 Å². The van der Waals surface area contributed by atoms with Gasteiger partial charge in [0.1, 0.15) is 12.1 Å². The first-order chi connectivity index (χ1) is 16.6. The largest absolute Gasteiger partial charge is 0.342 e. The Hall–Kier alpha value is -3.55. The van der Waals surface area contributed by atoms with Crippen molar-refractivity contribution in [1.29, 1.82) is 0 Å². The number of amides is 1. The van der Waals surface area contributed by atoms with Crippen LogP contribution in [0.2, 0.25) is 0 Å². The SMILES string of the molecule is CN(CCCC1CC(c2cccc(F)c2)NN1)C(=O)c1ccc(-n2cnc3ccccc32)cc1. The summed E-state index contributed by atoms with van der Waals surface area (Å²) in [6.45, 7) is 0.676. The number of imidazole rings is 1. The second-order valence-electron chi connectivity index (χ2n) is 8.85. The molecule has 0 saturated carbocycles. The van der Waals surface area contributed by atoms with Gasteiger partial charge in [-0.05, 0) is 73.4 Å². The number of benzene rings is 3. The number of nitrogens with zero attached hydrogens (tertiary/aromatic N) is 3. The molecule has 5 rings (SSSR count). The molecule has 1 aliphatic heterocycles. The number of carbonyl (C=O) groups excluding carboxylic acids is 1. The summed E-state index contributed by atoms with van der Waals surface area (Å²) in [4.78, 5) is 19.1. The predicted molar refractivity (Wildman–Crippen MR) is 131 cm³/mol. The van der Waals surface area contributed by atoms with Crippen LogP contribution in [0.15, 0.2) is 79.1 Å². The summed E-state index contributed by atoms with van der Waals surface area (Å²) in [5.74, 6) is -0.202. The minimum absolute atomic E-state index is 0.0113. The van der Waals surface area contributed by atoms with Crippen LogP contribution in [-0.2, 0) is 0 Å². The zero-order valence-electron chi connectivity index (χ0n) is 19.1. The fraction of sp³-hybridized carbons (Fsp3) is 0.259. The first-order valence-electron chi connectivity index (χ1n) is 11.6. The molecular formula is C27H28FN5O. The smallest absolute Gasteiger partial charge is 0.253 e. The van der Waals surface area contributed by atoms with Gasteiger partial charge in [0, 0.05) is 36.9 Å². The zero-order valence-corrected chi connectivity index (χ0v) is 19.1. The maximum absolute atomic E-state index is 13.5. The number of carbonyl (C=O) groups is 1. The minimum atomic E-state index is -0.214. The van der Waals surface area contributed by atoms with Gasteiger partial charge in [-0.15, -0.1) is 0 Å². The maximum atomic E-state index is 13.5. The summed E-state index contributed by atoms with van der Waals surface area (Å²) in [6.07, 6.45) is 4.52. The molecule has 34 heavy (non-hydrogen) atoms. The highest BCUT2D eigenvalue weighted by atomic mass is 19.1. The van der Waals surface area contributed by atoms with Gasteiger partial charge in [-0.3, -0.25) is 20.2 Å². The van der Waals surface area contributed by atoms with Gasteiger partial charge in [0.05, 0.1) is 11.0 Å². The third kappa shape index (κ3) is 4.71. The highest BCUT2D eigenvalue weighted by Crippen LogP contribution is 2.25. The first-order valence-corrected chi connectivity index (χ1v) is 11.6. The van der Waals surface area contributed by atoms with Crippen molar-refractivity contribution >= 4 is 16.9 Å². The standard InChI is InChI=1S/C27H28FN5O/c1-32(15-5-8-22-17-25(31-30-22)20-6-4-7-21(28)16-20)27(34)19-11-13-23(14-12-19)33-18-29-24-9-2-3-10-26(24)33/h2-4,6-7,9-14,16,18,22,25,30-31H,5,8,15,17H2,1H3. The van der Waals surface area contributed by atoms with Crippen molar-refractivity contribution in [3.8, 4) is 5.69 Å². The van der Waals surface area contributed by atoms with Crippen LogP contribution in [0.3, 0.4) is 0 Å². The third-order valence-electron chi connectivity index (χ3n) is 6.47. The average molecular weight is 458 g/mol. The van der Waals surface area contributed by atoms with Crippen LogP contribution in [0.5, 0.6) is 0 Å². The monoisotopic (exact) mass is 457 g/mol. The maximum Gasteiger partial charge on any atom is 0.253 e. The second-order valence-corrected chi connectivity index (χ2v) is 8.85. The molecule has 174 valence electrons. The van der Waals surface area contributed by atoms with Crippen molar-refractivity contribution in [2.45, 2.75) is 31.3 Å². The molecule has 2 heterocycles. The molecule has 1 saturated heterocycles. The van der Waals surface area contributed by atoms with E-state index in [2.05, 4.69) is 15.8 Å². The fourth-order valence-corrected chi connectivity index (χ4v) is 4.58. The predicted octanol–water partition coefficient (Wildman–Crippen LogP) is 4.62. The molecule has 0 spiro atoms. The van der Waals surface area contributed by atoms with E-state index >= 15 is 0 Å². The number of nitrogens with one attached hydrogen (secondary N) is 2. The van der Waals surface area contributed by atoms with Crippen LogP contribution in [0, 0.1) is 5.82 Å². The highest BCUT2D eigenvalue weighted by Gasteiger charge is 2.25. The lowest BCUT2D eigenvalue weighted by molar-refractivity contribution is 0.0791. The van der Waals surface area contributed by atoms with Crippen LogP contribution in [0.1, 0.15) is 41.2 Å². The van der Waals surface area contributed by atoms with E-state index in [-0.39, 0.29) is 17.8 Å². The van der Waals surface area contributed by atoms with Gasteiger partial charge >= 0.3 is 0 Å². The third-order valence-corrected chi connectivity index (χ3v) is 6.47. The van der Waals surface area contributed by atoms with E-state index in [1.165, 1.54) is 6.07 Å². The Morgan fingerprint density at radius 3 is 2.74 bits per heavy atom. The van der Waals surface area contributed by atoms with E-state index < -0.39 is 0 Å². The molecule has 4 aromatic rings. The van der Waals surface area contributed by atoms with Crippen LogP contribution in [-0.4, -0.2) is 40.0 Å². The van der Waals surface area contributed by atoms with Gasteiger partial charge in [0.25, 0.3) is 5.91 Å². The highest BCUT2D eigenvalue weighted by molar-refractivity contribution is 5.94. The van der Waals surface area contributed by atoms with Gasteiger partial charge in [-0.1, -0.05) is 24.3 Å². The molecule has 3 aromatic carbocycles. The molecular weight excluding hydrogens is 429 g/mol. The van der Waals surface area contributed by atoms with Crippen LogP contribution in [0.4, 0.5) is 4.39 Å². The van der Waals surface area contributed by atoms with E-state index in [9.17, 15) is 9.18 Å². The van der Waals surface area contributed by atoms with E-state index in [0.717, 1.165) is 41.5 Å². The van der Waals surface area contributed by atoms with E-state index in [1.807, 2.05) is 66.2 Å². The van der Waals surface area contributed by atoms with Gasteiger partial charge in [-0.2, -0.15) is 0 Å². The summed E-state index contributed by atoms with van der Waals surface area (Å²) in [6, 6.07) is 22.7.